The average Bonchev–Trinajstić information content (AvgIpc) is 2.92. The maximum absolute atomic E-state index is 12.0. The summed E-state index contributed by atoms with van der Waals surface area (Å²) in [4.78, 5) is 22.4. The van der Waals surface area contributed by atoms with Crippen LogP contribution in [0.1, 0.15) is 36.8 Å². The Morgan fingerprint density at radius 2 is 1.71 bits per heavy atom. The number of carbonyl (C=O) groups is 2. The van der Waals surface area contributed by atoms with Gasteiger partial charge in [0.25, 0.3) is 0 Å². The summed E-state index contributed by atoms with van der Waals surface area (Å²) in [5.74, 6) is 0.0634. The standard InChI is InChI=1S/C20H21NO3/c1-14(7-6-12-22)21-20(23)24-13-19-17-10-4-2-8-15(17)16-9-3-5-11-18(16)19/h2-5,8-12,14,19H,6-7,13H2,1H3,(H,21,23). The van der Waals surface area contributed by atoms with E-state index in [1.165, 1.54) is 22.3 Å². The van der Waals surface area contributed by atoms with Crippen molar-refractivity contribution in [1.82, 2.24) is 5.32 Å². The Morgan fingerprint density at radius 3 is 2.29 bits per heavy atom. The van der Waals surface area contributed by atoms with Crippen LogP contribution in [0.3, 0.4) is 0 Å². The summed E-state index contributed by atoms with van der Waals surface area (Å²) in [5.41, 5.74) is 4.81. The lowest BCUT2D eigenvalue weighted by Gasteiger charge is -2.16. The van der Waals surface area contributed by atoms with Crippen LogP contribution in [0.5, 0.6) is 0 Å². The van der Waals surface area contributed by atoms with Gasteiger partial charge in [-0.05, 0) is 35.6 Å². The number of rotatable bonds is 6. The van der Waals surface area contributed by atoms with Crippen LogP contribution in [-0.4, -0.2) is 25.0 Å². The van der Waals surface area contributed by atoms with Gasteiger partial charge in [-0.15, -0.1) is 0 Å². The van der Waals surface area contributed by atoms with Crippen LogP contribution < -0.4 is 5.32 Å². The summed E-state index contributed by atoms with van der Waals surface area (Å²) in [7, 11) is 0. The highest BCUT2D eigenvalue weighted by Gasteiger charge is 2.29. The van der Waals surface area contributed by atoms with Crippen LogP contribution in [0, 0.1) is 0 Å². The van der Waals surface area contributed by atoms with Crippen LogP contribution >= 0.6 is 0 Å². The Morgan fingerprint density at radius 1 is 1.12 bits per heavy atom. The first-order valence-electron chi connectivity index (χ1n) is 8.26. The van der Waals surface area contributed by atoms with Gasteiger partial charge in [-0.25, -0.2) is 4.79 Å². The second kappa shape index (κ2) is 7.30. The molecule has 1 unspecified atom stereocenters. The smallest absolute Gasteiger partial charge is 0.407 e. The molecule has 4 heteroatoms. The van der Waals surface area contributed by atoms with E-state index in [1.807, 2.05) is 31.2 Å². The number of benzene rings is 2. The minimum Gasteiger partial charge on any atom is -0.449 e. The van der Waals surface area contributed by atoms with E-state index in [-0.39, 0.29) is 12.0 Å². The van der Waals surface area contributed by atoms with E-state index in [9.17, 15) is 9.59 Å². The molecule has 1 amide bonds. The fraction of sp³-hybridized carbons (Fsp3) is 0.300. The number of amides is 1. The number of carbonyl (C=O) groups excluding carboxylic acids is 2. The molecule has 0 saturated carbocycles. The zero-order chi connectivity index (χ0) is 16.9. The van der Waals surface area contributed by atoms with Crippen molar-refractivity contribution in [2.45, 2.75) is 31.7 Å². The van der Waals surface area contributed by atoms with Gasteiger partial charge in [0.15, 0.2) is 0 Å². The molecule has 0 fully saturated rings. The van der Waals surface area contributed by atoms with E-state index >= 15 is 0 Å². The van der Waals surface area contributed by atoms with Crippen molar-refractivity contribution in [2.24, 2.45) is 0 Å². The first kappa shape index (κ1) is 16.2. The van der Waals surface area contributed by atoms with E-state index in [4.69, 9.17) is 4.74 Å². The Hall–Kier alpha value is -2.62. The fourth-order valence-corrected chi connectivity index (χ4v) is 3.23. The molecule has 1 aliphatic carbocycles. The lowest BCUT2D eigenvalue weighted by Crippen LogP contribution is -2.33. The van der Waals surface area contributed by atoms with E-state index in [1.54, 1.807) is 0 Å². The predicted octanol–water partition coefficient (Wildman–Crippen LogP) is 3.89. The second-order valence-corrected chi connectivity index (χ2v) is 6.11. The molecule has 3 rings (SSSR count). The number of alkyl carbamates (subject to hydrolysis) is 1. The van der Waals surface area contributed by atoms with Gasteiger partial charge in [-0.3, -0.25) is 0 Å². The summed E-state index contributed by atoms with van der Waals surface area (Å²) in [6.45, 7) is 2.17. The van der Waals surface area contributed by atoms with Gasteiger partial charge >= 0.3 is 6.09 Å². The van der Waals surface area contributed by atoms with Gasteiger partial charge in [-0.1, -0.05) is 48.5 Å². The highest BCUT2D eigenvalue weighted by molar-refractivity contribution is 5.79. The second-order valence-electron chi connectivity index (χ2n) is 6.11. The summed E-state index contributed by atoms with van der Waals surface area (Å²) < 4.78 is 5.45. The molecule has 0 aliphatic heterocycles. The quantitative estimate of drug-likeness (QED) is 0.821. The van der Waals surface area contributed by atoms with Gasteiger partial charge in [0, 0.05) is 18.4 Å². The number of aldehydes is 1. The highest BCUT2D eigenvalue weighted by Crippen LogP contribution is 2.44. The molecule has 4 nitrogen and oxygen atoms in total. The largest absolute Gasteiger partial charge is 0.449 e. The first-order chi connectivity index (χ1) is 11.7. The molecule has 24 heavy (non-hydrogen) atoms. The lowest BCUT2D eigenvalue weighted by atomic mass is 9.98. The van der Waals surface area contributed by atoms with Crippen LogP contribution in [0.25, 0.3) is 11.1 Å². The number of hydrogen-bond acceptors (Lipinski definition) is 3. The zero-order valence-corrected chi connectivity index (χ0v) is 13.7. The van der Waals surface area contributed by atoms with Crippen molar-refractivity contribution in [3.8, 4) is 11.1 Å². The zero-order valence-electron chi connectivity index (χ0n) is 13.7. The maximum Gasteiger partial charge on any atom is 0.407 e. The Kier molecular flexibility index (Phi) is 4.94. The minimum absolute atomic E-state index is 0.0634. The lowest BCUT2D eigenvalue weighted by molar-refractivity contribution is -0.108. The molecule has 2 aromatic carbocycles. The number of ether oxygens (including phenoxy) is 1. The molecule has 1 aliphatic rings. The minimum atomic E-state index is -0.435. The van der Waals surface area contributed by atoms with Crippen molar-refractivity contribution < 1.29 is 14.3 Å². The Bertz CT molecular complexity index is 696. The normalized spacial score (nSPS) is 13.7. The van der Waals surface area contributed by atoms with Crippen molar-refractivity contribution in [1.29, 1.82) is 0 Å². The summed E-state index contributed by atoms with van der Waals surface area (Å²) in [6.07, 6.45) is 1.48. The third kappa shape index (κ3) is 3.32. The number of fused-ring (bicyclic) bond motifs is 3. The van der Waals surface area contributed by atoms with Crippen molar-refractivity contribution >= 4 is 12.4 Å². The Labute approximate surface area is 141 Å². The maximum atomic E-state index is 12.0. The van der Waals surface area contributed by atoms with Crippen molar-refractivity contribution in [3.05, 3.63) is 59.7 Å². The van der Waals surface area contributed by atoms with Crippen LogP contribution in [-0.2, 0) is 9.53 Å². The van der Waals surface area contributed by atoms with E-state index in [2.05, 4.69) is 29.6 Å². The van der Waals surface area contributed by atoms with Crippen molar-refractivity contribution in [2.75, 3.05) is 6.61 Å². The van der Waals surface area contributed by atoms with Crippen LogP contribution in [0.4, 0.5) is 4.79 Å². The predicted molar refractivity (Wildman–Crippen MR) is 93.0 cm³/mol. The van der Waals surface area contributed by atoms with E-state index < -0.39 is 6.09 Å². The molecule has 0 saturated heterocycles. The molecule has 0 bridgehead atoms. The van der Waals surface area contributed by atoms with Gasteiger partial charge in [0.1, 0.15) is 12.9 Å². The third-order valence-electron chi connectivity index (χ3n) is 4.43. The molecular weight excluding hydrogens is 302 g/mol. The molecule has 124 valence electrons. The topological polar surface area (TPSA) is 55.4 Å². The van der Waals surface area contributed by atoms with Crippen LogP contribution in [0.15, 0.2) is 48.5 Å². The van der Waals surface area contributed by atoms with Crippen LogP contribution in [0.2, 0.25) is 0 Å². The monoisotopic (exact) mass is 323 g/mol. The molecular formula is C20H21NO3. The van der Waals surface area contributed by atoms with Gasteiger partial charge in [0.2, 0.25) is 0 Å². The SMILES string of the molecule is CC(CCC=O)NC(=O)OCC1c2ccccc2-c2ccccc21. The summed E-state index contributed by atoms with van der Waals surface area (Å²) >= 11 is 0. The summed E-state index contributed by atoms with van der Waals surface area (Å²) in [6, 6.07) is 16.4. The molecule has 1 N–H and O–H groups in total. The van der Waals surface area contributed by atoms with Gasteiger partial charge in [-0.2, -0.15) is 0 Å². The van der Waals surface area contributed by atoms with Gasteiger partial charge in [0.05, 0.1) is 0 Å². The van der Waals surface area contributed by atoms with E-state index in [0.29, 0.717) is 19.4 Å². The third-order valence-corrected chi connectivity index (χ3v) is 4.43. The summed E-state index contributed by atoms with van der Waals surface area (Å²) in [5, 5.41) is 2.77. The van der Waals surface area contributed by atoms with Gasteiger partial charge < -0.3 is 14.8 Å². The number of hydrogen-bond donors (Lipinski definition) is 1. The van der Waals surface area contributed by atoms with E-state index in [0.717, 1.165) is 6.29 Å². The Balaban J connectivity index is 1.67. The molecule has 0 aromatic heterocycles. The molecule has 0 heterocycles. The fourth-order valence-electron chi connectivity index (χ4n) is 3.23. The first-order valence-corrected chi connectivity index (χ1v) is 8.26. The molecule has 1 atom stereocenters. The highest BCUT2D eigenvalue weighted by atomic mass is 16.5. The average molecular weight is 323 g/mol. The van der Waals surface area contributed by atoms with Crippen molar-refractivity contribution in [3.63, 3.8) is 0 Å². The number of nitrogens with one attached hydrogen (secondary N) is 1. The molecule has 2 aromatic rings. The molecule has 0 radical (unpaired) electrons. The molecule has 0 spiro atoms.